The van der Waals surface area contributed by atoms with Gasteiger partial charge in [0, 0.05) is 6.54 Å². The zero-order valence-electron chi connectivity index (χ0n) is 9.47. The molecule has 0 fully saturated rings. The Hall–Kier alpha value is -1.08. The molecule has 0 N–H and O–H groups in total. The molecule has 0 atom stereocenters. The molecule has 2 heterocycles. The fourth-order valence-electron chi connectivity index (χ4n) is 1.52. The third-order valence-corrected chi connectivity index (χ3v) is 3.71. The summed E-state index contributed by atoms with van der Waals surface area (Å²) in [5, 5.41) is 8.03. The van der Waals surface area contributed by atoms with E-state index in [-0.39, 0.29) is 5.78 Å². The molecule has 2 aromatic heterocycles. The average molecular weight is 315 g/mol. The molecule has 0 radical (unpaired) electrons. The molecular formula is C10H11BrN4OS. The number of carbonyl (C=O) groups excluding carboxylic acids is 1. The summed E-state index contributed by atoms with van der Waals surface area (Å²) < 4.78 is 6.21. The van der Waals surface area contributed by atoms with Crippen LogP contribution in [0.25, 0.3) is 0 Å². The van der Waals surface area contributed by atoms with Gasteiger partial charge in [-0.1, -0.05) is 11.4 Å². The highest BCUT2D eigenvalue weighted by Crippen LogP contribution is 2.22. The summed E-state index contributed by atoms with van der Waals surface area (Å²) >= 11 is 4.48. The van der Waals surface area contributed by atoms with E-state index >= 15 is 0 Å². The maximum Gasteiger partial charge on any atom is 0.225 e. The van der Waals surface area contributed by atoms with E-state index in [0.717, 1.165) is 24.5 Å². The van der Waals surface area contributed by atoms with Gasteiger partial charge in [-0.05, 0) is 40.8 Å². The van der Waals surface area contributed by atoms with E-state index in [4.69, 9.17) is 0 Å². The summed E-state index contributed by atoms with van der Waals surface area (Å²) in [7, 11) is 0. The minimum Gasteiger partial charge on any atom is -0.286 e. The number of carbonyl (C=O) groups is 1. The van der Waals surface area contributed by atoms with Crippen LogP contribution in [0.15, 0.2) is 10.7 Å². The number of hydrogen-bond acceptors (Lipinski definition) is 5. The Morgan fingerprint density at radius 3 is 2.94 bits per heavy atom. The van der Waals surface area contributed by atoms with Gasteiger partial charge in [-0.3, -0.25) is 9.48 Å². The molecule has 0 bridgehead atoms. The molecule has 2 aromatic rings. The van der Waals surface area contributed by atoms with Crippen molar-refractivity contribution in [2.75, 3.05) is 0 Å². The van der Waals surface area contributed by atoms with Crippen molar-refractivity contribution in [3.63, 3.8) is 0 Å². The van der Waals surface area contributed by atoms with Crippen LogP contribution in [0.1, 0.15) is 34.4 Å². The van der Waals surface area contributed by atoms with E-state index < -0.39 is 0 Å². The second-order valence-corrected chi connectivity index (χ2v) is 5.19. The Kier molecular flexibility index (Phi) is 3.68. The van der Waals surface area contributed by atoms with Gasteiger partial charge in [0.05, 0.1) is 16.4 Å². The number of aromatic nitrogens is 4. The van der Waals surface area contributed by atoms with Crippen molar-refractivity contribution in [3.05, 3.63) is 26.9 Å². The minimum absolute atomic E-state index is 0.0738. The normalized spacial score (nSPS) is 10.8. The zero-order chi connectivity index (χ0) is 12.4. The molecule has 0 aliphatic rings. The van der Waals surface area contributed by atoms with Crippen LogP contribution in [-0.2, 0) is 6.54 Å². The van der Waals surface area contributed by atoms with Crippen LogP contribution in [0, 0.1) is 6.92 Å². The Labute approximate surface area is 111 Å². The highest BCUT2D eigenvalue weighted by molar-refractivity contribution is 9.10. The van der Waals surface area contributed by atoms with Crippen LogP contribution in [0.2, 0.25) is 0 Å². The van der Waals surface area contributed by atoms with E-state index in [9.17, 15) is 4.79 Å². The van der Waals surface area contributed by atoms with E-state index in [1.807, 2.05) is 6.92 Å². The number of hydrogen-bond donors (Lipinski definition) is 0. The molecule has 90 valence electrons. The molecule has 0 aromatic carbocycles. The summed E-state index contributed by atoms with van der Waals surface area (Å²) in [5.41, 5.74) is 1.23. The van der Waals surface area contributed by atoms with Gasteiger partial charge in [-0.2, -0.15) is 5.10 Å². The summed E-state index contributed by atoms with van der Waals surface area (Å²) in [6, 6.07) is 0. The first kappa shape index (κ1) is 12.4. The van der Waals surface area contributed by atoms with Crippen LogP contribution in [0.3, 0.4) is 0 Å². The summed E-state index contributed by atoms with van der Waals surface area (Å²) in [6.45, 7) is 4.55. The smallest absolute Gasteiger partial charge is 0.225 e. The summed E-state index contributed by atoms with van der Waals surface area (Å²) in [5.74, 6) is -0.0738. The lowest BCUT2D eigenvalue weighted by Gasteiger charge is -2.04. The first-order valence-corrected chi connectivity index (χ1v) is 6.76. The third-order valence-electron chi connectivity index (χ3n) is 2.30. The van der Waals surface area contributed by atoms with Gasteiger partial charge in [-0.25, -0.2) is 0 Å². The first-order chi connectivity index (χ1) is 8.15. The van der Waals surface area contributed by atoms with Crippen molar-refractivity contribution in [1.82, 2.24) is 19.4 Å². The standard InChI is InChI=1S/C10H11BrN4OS/c1-3-4-15-8(7(11)5-12-15)9(16)10-6(2)13-14-17-10/h5H,3-4H2,1-2H3. The first-order valence-electron chi connectivity index (χ1n) is 5.20. The van der Waals surface area contributed by atoms with Gasteiger partial charge in [0.15, 0.2) is 0 Å². The van der Waals surface area contributed by atoms with Crippen LogP contribution in [-0.4, -0.2) is 25.2 Å². The molecular weight excluding hydrogens is 304 g/mol. The lowest BCUT2D eigenvalue weighted by atomic mass is 10.2. The third kappa shape index (κ3) is 2.30. The fraction of sp³-hybridized carbons (Fsp3) is 0.400. The summed E-state index contributed by atoms with van der Waals surface area (Å²) in [6.07, 6.45) is 2.57. The van der Waals surface area contributed by atoms with Crippen molar-refractivity contribution in [2.45, 2.75) is 26.8 Å². The summed E-state index contributed by atoms with van der Waals surface area (Å²) in [4.78, 5) is 12.9. The molecule has 7 heteroatoms. The van der Waals surface area contributed by atoms with Gasteiger partial charge in [0.25, 0.3) is 0 Å². The van der Waals surface area contributed by atoms with Gasteiger partial charge >= 0.3 is 0 Å². The number of halogens is 1. The lowest BCUT2D eigenvalue weighted by Crippen LogP contribution is -2.12. The molecule has 0 aliphatic heterocycles. The maximum absolute atomic E-state index is 12.3. The van der Waals surface area contributed by atoms with Crippen molar-refractivity contribution >= 4 is 33.2 Å². The number of rotatable bonds is 4. The molecule has 0 saturated carbocycles. The van der Waals surface area contributed by atoms with Crippen molar-refractivity contribution < 1.29 is 4.79 Å². The maximum atomic E-state index is 12.3. The predicted molar refractivity (Wildman–Crippen MR) is 68.3 cm³/mol. The Bertz CT molecular complexity index is 548. The number of nitrogens with zero attached hydrogens (tertiary/aromatic N) is 4. The van der Waals surface area contributed by atoms with Crippen LogP contribution >= 0.6 is 27.5 Å². The van der Waals surface area contributed by atoms with E-state index in [2.05, 4.69) is 30.6 Å². The molecule has 0 spiro atoms. The second kappa shape index (κ2) is 5.05. The highest BCUT2D eigenvalue weighted by atomic mass is 79.9. The van der Waals surface area contributed by atoms with Crippen molar-refractivity contribution in [3.8, 4) is 0 Å². The second-order valence-electron chi connectivity index (χ2n) is 3.58. The fourth-order valence-corrected chi connectivity index (χ4v) is 2.59. The molecule has 5 nitrogen and oxygen atoms in total. The quantitative estimate of drug-likeness (QED) is 0.813. The van der Waals surface area contributed by atoms with Gasteiger partial charge < -0.3 is 0 Å². The van der Waals surface area contributed by atoms with Crippen LogP contribution in [0.4, 0.5) is 0 Å². The minimum atomic E-state index is -0.0738. The van der Waals surface area contributed by atoms with E-state index in [1.54, 1.807) is 17.8 Å². The number of aryl methyl sites for hydroxylation is 2. The average Bonchev–Trinajstić information content (AvgIpc) is 2.86. The van der Waals surface area contributed by atoms with Crippen LogP contribution < -0.4 is 0 Å². The van der Waals surface area contributed by atoms with Gasteiger partial charge in [0.2, 0.25) is 5.78 Å². The van der Waals surface area contributed by atoms with Crippen LogP contribution in [0.5, 0.6) is 0 Å². The topological polar surface area (TPSA) is 60.7 Å². The SMILES string of the molecule is CCCn1ncc(Br)c1C(=O)c1snnc1C. The zero-order valence-corrected chi connectivity index (χ0v) is 11.9. The van der Waals surface area contributed by atoms with Crippen molar-refractivity contribution in [1.29, 1.82) is 0 Å². The molecule has 0 amide bonds. The van der Waals surface area contributed by atoms with E-state index in [1.165, 1.54) is 0 Å². The van der Waals surface area contributed by atoms with Gasteiger partial charge in [0.1, 0.15) is 10.6 Å². The molecule has 2 rings (SSSR count). The molecule has 0 aliphatic carbocycles. The largest absolute Gasteiger partial charge is 0.286 e. The van der Waals surface area contributed by atoms with Gasteiger partial charge in [-0.15, -0.1) is 5.10 Å². The predicted octanol–water partition coefficient (Wildman–Crippen LogP) is 2.45. The Morgan fingerprint density at radius 1 is 1.59 bits per heavy atom. The monoisotopic (exact) mass is 314 g/mol. The molecule has 17 heavy (non-hydrogen) atoms. The highest BCUT2D eigenvalue weighted by Gasteiger charge is 2.22. The Morgan fingerprint density at radius 2 is 2.35 bits per heavy atom. The Balaban J connectivity index is 2.43. The lowest BCUT2D eigenvalue weighted by molar-refractivity contribution is 0.103. The molecule has 0 saturated heterocycles. The number of ketones is 1. The van der Waals surface area contributed by atoms with Crippen molar-refractivity contribution in [2.24, 2.45) is 0 Å². The molecule has 0 unspecified atom stereocenters. The van der Waals surface area contributed by atoms with E-state index in [0.29, 0.717) is 20.7 Å².